The van der Waals surface area contributed by atoms with Crippen molar-refractivity contribution >= 4 is 15.7 Å². The predicted octanol–water partition coefficient (Wildman–Crippen LogP) is 1.73. The molecule has 0 aromatic heterocycles. The number of piperidine rings is 1. The highest BCUT2D eigenvalue weighted by Gasteiger charge is 2.29. The van der Waals surface area contributed by atoms with Crippen LogP contribution in [0.1, 0.15) is 33.1 Å². The summed E-state index contributed by atoms with van der Waals surface area (Å²) >= 11 is 0. The Balaban J connectivity index is 2.26. The largest absolute Gasteiger partial charge is 0.390 e. The van der Waals surface area contributed by atoms with Gasteiger partial charge in [0, 0.05) is 19.6 Å². The molecule has 0 radical (unpaired) electrons. The van der Waals surface area contributed by atoms with Gasteiger partial charge in [-0.1, -0.05) is 19.1 Å². The summed E-state index contributed by atoms with van der Waals surface area (Å²) in [5.41, 5.74) is 0.0710. The van der Waals surface area contributed by atoms with E-state index in [9.17, 15) is 13.5 Å². The summed E-state index contributed by atoms with van der Waals surface area (Å²) in [6.07, 6.45) is 2.04. The molecule has 0 atom stereocenters. The average Bonchev–Trinajstić information content (AvgIpc) is 2.45. The number of hydrogen-bond acceptors (Lipinski definition) is 4. The van der Waals surface area contributed by atoms with Crippen LogP contribution in [-0.2, 0) is 10.0 Å². The van der Waals surface area contributed by atoms with E-state index in [-0.39, 0.29) is 0 Å². The number of hydrogen-bond donors (Lipinski definition) is 2. The van der Waals surface area contributed by atoms with E-state index < -0.39 is 15.6 Å². The standard InChI is InChI=1S/C15H24N2O3S/c1-3-10-16-21(19,20)14-7-5-4-6-13(14)17-11-8-15(2,18)9-12-17/h4-7,16,18H,3,8-12H2,1-2H3. The second-order valence-corrected chi connectivity index (χ2v) is 7.58. The van der Waals surface area contributed by atoms with Gasteiger partial charge < -0.3 is 10.0 Å². The maximum Gasteiger partial charge on any atom is 0.242 e. The van der Waals surface area contributed by atoms with Crippen LogP contribution >= 0.6 is 0 Å². The molecule has 1 aromatic carbocycles. The second kappa shape index (κ2) is 6.34. The van der Waals surface area contributed by atoms with Gasteiger partial charge in [0.05, 0.1) is 11.3 Å². The Bertz CT molecular complexity index is 574. The van der Waals surface area contributed by atoms with Crippen LogP contribution in [-0.4, -0.2) is 38.8 Å². The smallest absolute Gasteiger partial charge is 0.242 e. The van der Waals surface area contributed by atoms with Crippen molar-refractivity contribution in [1.82, 2.24) is 4.72 Å². The number of para-hydroxylation sites is 1. The number of aliphatic hydroxyl groups is 1. The van der Waals surface area contributed by atoms with Crippen LogP contribution in [0.25, 0.3) is 0 Å². The molecule has 0 aliphatic carbocycles. The molecular formula is C15H24N2O3S. The minimum Gasteiger partial charge on any atom is -0.390 e. The van der Waals surface area contributed by atoms with E-state index in [1.54, 1.807) is 12.1 Å². The SMILES string of the molecule is CCCNS(=O)(=O)c1ccccc1N1CCC(C)(O)CC1. The summed E-state index contributed by atoms with van der Waals surface area (Å²) in [4.78, 5) is 2.36. The number of sulfonamides is 1. The summed E-state index contributed by atoms with van der Waals surface area (Å²) < 4.78 is 27.4. The molecule has 1 aromatic rings. The van der Waals surface area contributed by atoms with Crippen molar-refractivity contribution in [1.29, 1.82) is 0 Å². The summed E-state index contributed by atoms with van der Waals surface area (Å²) in [7, 11) is -3.49. The van der Waals surface area contributed by atoms with Gasteiger partial charge in [-0.15, -0.1) is 0 Å². The van der Waals surface area contributed by atoms with Crippen molar-refractivity contribution < 1.29 is 13.5 Å². The number of nitrogens with zero attached hydrogens (tertiary/aromatic N) is 1. The number of benzene rings is 1. The lowest BCUT2D eigenvalue weighted by Crippen LogP contribution is -2.43. The third-order valence-electron chi connectivity index (χ3n) is 3.88. The first-order valence-corrected chi connectivity index (χ1v) is 8.90. The summed E-state index contributed by atoms with van der Waals surface area (Å²) in [6.45, 7) is 5.52. The lowest BCUT2D eigenvalue weighted by atomic mass is 9.93. The van der Waals surface area contributed by atoms with Crippen molar-refractivity contribution in [2.45, 2.75) is 43.6 Å². The van der Waals surface area contributed by atoms with Crippen LogP contribution in [0.15, 0.2) is 29.2 Å². The quantitative estimate of drug-likeness (QED) is 0.869. The molecule has 0 saturated carbocycles. The Labute approximate surface area is 127 Å². The Hall–Kier alpha value is -1.11. The molecule has 2 rings (SSSR count). The van der Waals surface area contributed by atoms with Gasteiger partial charge in [-0.3, -0.25) is 0 Å². The zero-order chi connectivity index (χ0) is 15.5. The first-order chi connectivity index (χ1) is 9.86. The lowest BCUT2D eigenvalue weighted by molar-refractivity contribution is 0.0350. The van der Waals surface area contributed by atoms with E-state index in [0.29, 0.717) is 37.4 Å². The molecule has 1 fully saturated rings. The minimum absolute atomic E-state index is 0.319. The van der Waals surface area contributed by atoms with Crippen molar-refractivity contribution in [3.05, 3.63) is 24.3 Å². The van der Waals surface area contributed by atoms with Crippen LogP contribution in [0.5, 0.6) is 0 Å². The zero-order valence-corrected chi connectivity index (χ0v) is 13.5. The monoisotopic (exact) mass is 312 g/mol. The van der Waals surface area contributed by atoms with Crippen LogP contribution < -0.4 is 9.62 Å². The third kappa shape index (κ3) is 3.96. The molecule has 0 amide bonds. The zero-order valence-electron chi connectivity index (χ0n) is 12.7. The molecule has 1 aliphatic rings. The highest BCUT2D eigenvalue weighted by atomic mass is 32.2. The van der Waals surface area contributed by atoms with Crippen LogP contribution in [0.2, 0.25) is 0 Å². The first-order valence-electron chi connectivity index (χ1n) is 7.42. The fourth-order valence-corrected chi connectivity index (χ4v) is 3.85. The van der Waals surface area contributed by atoms with Crippen LogP contribution in [0.4, 0.5) is 5.69 Å². The molecular weight excluding hydrogens is 288 g/mol. The van der Waals surface area contributed by atoms with Gasteiger partial charge in [-0.2, -0.15) is 0 Å². The van der Waals surface area contributed by atoms with Crippen molar-refractivity contribution in [3.63, 3.8) is 0 Å². The highest BCUT2D eigenvalue weighted by Crippen LogP contribution is 2.30. The second-order valence-electron chi connectivity index (χ2n) is 5.85. The normalized spacial score (nSPS) is 18.7. The van der Waals surface area contributed by atoms with Crippen LogP contribution in [0, 0.1) is 0 Å². The van der Waals surface area contributed by atoms with E-state index in [1.165, 1.54) is 0 Å². The summed E-state index contributed by atoms with van der Waals surface area (Å²) in [6, 6.07) is 7.06. The average molecular weight is 312 g/mol. The third-order valence-corrected chi connectivity index (χ3v) is 5.39. The minimum atomic E-state index is -3.49. The molecule has 1 aliphatic heterocycles. The molecule has 0 bridgehead atoms. The maximum atomic E-state index is 12.4. The molecule has 1 saturated heterocycles. The van der Waals surface area contributed by atoms with Crippen molar-refractivity contribution in [2.75, 3.05) is 24.5 Å². The van der Waals surface area contributed by atoms with E-state index in [0.717, 1.165) is 12.1 Å². The van der Waals surface area contributed by atoms with Gasteiger partial charge >= 0.3 is 0 Å². The summed E-state index contributed by atoms with van der Waals surface area (Å²) in [5.74, 6) is 0. The van der Waals surface area contributed by atoms with Gasteiger partial charge in [-0.25, -0.2) is 13.1 Å². The molecule has 21 heavy (non-hydrogen) atoms. The molecule has 2 N–H and O–H groups in total. The van der Waals surface area contributed by atoms with Crippen molar-refractivity contribution in [2.24, 2.45) is 0 Å². The molecule has 118 valence electrons. The first kappa shape index (κ1) is 16.3. The molecule has 1 heterocycles. The fourth-order valence-electron chi connectivity index (χ4n) is 2.49. The molecule has 6 heteroatoms. The van der Waals surface area contributed by atoms with E-state index in [1.807, 2.05) is 30.9 Å². The molecule has 0 unspecified atom stereocenters. The maximum absolute atomic E-state index is 12.4. The van der Waals surface area contributed by atoms with Crippen LogP contribution in [0.3, 0.4) is 0 Å². The predicted molar refractivity (Wildman–Crippen MR) is 84.0 cm³/mol. The Morgan fingerprint density at radius 1 is 1.29 bits per heavy atom. The van der Waals surface area contributed by atoms with E-state index in [4.69, 9.17) is 0 Å². The van der Waals surface area contributed by atoms with E-state index in [2.05, 4.69) is 4.72 Å². The Morgan fingerprint density at radius 2 is 1.90 bits per heavy atom. The summed E-state index contributed by atoms with van der Waals surface area (Å²) in [5, 5.41) is 10.0. The molecule has 0 spiro atoms. The Morgan fingerprint density at radius 3 is 2.52 bits per heavy atom. The van der Waals surface area contributed by atoms with Gasteiger partial charge in [-0.05, 0) is 38.3 Å². The molecule has 5 nitrogen and oxygen atoms in total. The highest BCUT2D eigenvalue weighted by molar-refractivity contribution is 7.89. The van der Waals surface area contributed by atoms with Gasteiger partial charge in [0.1, 0.15) is 4.90 Å². The lowest BCUT2D eigenvalue weighted by Gasteiger charge is -2.37. The van der Waals surface area contributed by atoms with Gasteiger partial charge in [0.15, 0.2) is 0 Å². The van der Waals surface area contributed by atoms with Crippen molar-refractivity contribution in [3.8, 4) is 0 Å². The van der Waals surface area contributed by atoms with E-state index >= 15 is 0 Å². The van der Waals surface area contributed by atoms with Gasteiger partial charge in [0.2, 0.25) is 10.0 Å². The Kier molecular flexibility index (Phi) is 4.91. The number of nitrogens with one attached hydrogen (secondary N) is 1. The number of anilines is 1. The fraction of sp³-hybridized carbons (Fsp3) is 0.600. The number of rotatable bonds is 5. The van der Waals surface area contributed by atoms with Gasteiger partial charge in [0.25, 0.3) is 0 Å². The topological polar surface area (TPSA) is 69.6 Å².